The number of hydrogen-bond donors (Lipinski definition) is 0. The minimum absolute atomic E-state index is 0.0585. The summed E-state index contributed by atoms with van der Waals surface area (Å²) >= 11 is 0. The van der Waals surface area contributed by atoms with E-state index in [4.69, 9.17) is 9.26 Å². The van der Waals surface area contributed by atoms with Gasteiger partial charge in [-0.2, -0.15) is 4.98 Å². The molecule has 0 radical (unpaired) electrons. The molecule has 1 saturated heterocycles. The van der Waals surface area contributed by atoms with Gasteiger partial charge in [-0.05, 0) is 29.4 Å². The third-order valence-electron chi connectivity index (χ3n) is 4.51. The van der Waals surface area contributed by atoms with Crippen molar-refractivity contribution in [2.45, 2.75) is 18.9 Å². The van der Waals surface area contributed by atoms with E-state index in [2.05, 4.69) is 15.0 Å². The van der Waals surface area contributed by atoms with E-state index in [9.17, 15) is 10.1 Å². The summed E-state index contributed by atoms with van der Waals surface area (Å²) in [5.41, 5.74) is 0.955. The minimum atomic E-state index is -0.420. The molecule has 1 aliphatic heterocycles. The van der Waals surface area contributed by atoms with Gasteiger partial charge in [0.1, 0.15) is 11.9 Å². The van der Waals surface area contributed by atoms with Crippen LogP contribution in [0, 0.1) is 10.1 Å². The number of aromatic nitrogens is 2. The van der Waals surface area contributed by atoms with Crippen molar-refractivity contribution in [2.75, 3.05) is 18.0 Å². The van der Waals surface area contributed by atoms with Crippen LogP contribution in [-0.2, 0) is 0 Å². The maximum atomic E-state index is 10.7. The number of ether oxygens (including phenoxy) is 1. The number of benzene rings is 2. The van der Waals surface area contributed by atoms with Gasteiger partial charge in [0.05, 0.1) is 4.92 Å². The van der Waals surface area contributed by atoms with Crippen LogP contribution in [0.2, 0.25) is 0 Å². The summed E-state index contributed by atoms with van der Waals surface area (Å²) in [6, 6.07) is 15.8. The largest absolute Gasteiger partial charge is 0.490 e. The molecule has 3 aromatic rings. The van der Waals surface area contributed by atoms with Gasteiger partial charge in [0, 0.05) is 43.6 Å². The molecule has 2 aromatic carbocycles. The van der Waals surface area contributed by atoms with Crippen LogP contribution < -0.4 is 9.64 Å². The molecule has 0 saturated carbocycles. The van der Waals surface area contributed by atoms with Crippen molar-refractivity contribution in [3.63, 3.8) is 0 Å². The zero-order valence-electron chi connectivity index (χ0n) is 14.5. The van der Waals surface area contributed by atoms with Gasteiger partial charge in [-0.25, -0.2) is 0 Å². The van der Waals surface area contributed by atoms with Crippen molar-refractivity contribution >= 4 is 11.6 Å². The van der Waals surface area contributed by atoms with Gasteiger partial charge in [0.2, 0.25) is 0 Å². The van der Waals surface area contributed by atoms with Crippen LogP contribution >= 0.6 is 0 Å². The standard InChI is InChI=1S/C19H18N4O4/c24-23(25)15-6-8-16(9-7-15)26-17-10-12-22(13-11-17)19-20-18(27-21-19)14-4-2-1-3-5-14/h1-9,17H,10-13H2. The lowest BCUT2D eigenvalue weighted by Gasteiger charge is -2.31. The number of nitrogens with zero attached hydrogens (tertiary/aromatic N) is 4. The Hall–Kier alpha value is -3.42. The first kappa shape index (κ1) is 17.0. The van der Waals surface area contributed by atoms with Gasteiger partial charge in [-0.3, -0.25) is 10.1 Å². The highest BCUT2D eigenvalue weighted by atomic mass is 16.6. The monoisotopic (exact) mass is 366 g/mol. The number of piperidine rings is 1. The average Bonchev–Trinajstić information content (AvgIpc) is 3.20. The van der Waals surface area contributed by atoms with E-state index in [1.54, 1.807) is 12.1 Å². The molecule has 1 aromatic heterocycles. The zero-order chi connectivity index (χ0) is 18.6. The van der Waals surface area contributed by atoms with E-state index in [-0.39, 0.29) is 11.8 Å². The van der Waals surface area contributed by atoms with Crippen molar-refractivity contribution in [1.29, 1.82) is 0 Å². The maximum absolute atomic E-state index is 10.7. The summed E-state index contributed by atoms with van der Waals surface area (Å²) in [5.74, 6) is 1.74. The van der Waals surface area contributed by atoms with E-state index in [1.807, 2.05) is 30.3 Å². The maximum Gasteiger partial charge on any atom is 0.269 e. The van der Waals surface area contributed by atoms with Gasteiger partial charge in [0.15, 0.2) is 0 Å². The molecule has 0 aliphatic carbocycles. The molecule has 8 heteroatoms. The molecular formula is C19H18N4O4. The third-order valence-corrected chi connectivity index (χ3v) is 4.51. The van der Waals surface area contributed by atoms with Crippen molar-refractivity contribution in [1.82, 2.24) is 10.1 Å². The van der Waals surface area contributed by atoms with E-state index in [0.29, 0.717) is 17.6 Å². The molecule has 8 nitrogen and oxygen atoms in total. The third kappa shape index (κ3) is 3.89. The molecule has 0 atom stereocenters. The van der Waals surface area contributed by atoms with Crippen LogP contribution in [0.3, 0.4) is 0 Å². The Morgan fingerprint density at radius 3 is 2.44 bits per heavy atom. The van der Waals surface area contributed by atoms with Crippen LogP contribution in [0.25, 0.3) is 11.5 Å². The molecule has 0 amide bonds. The number of nitro groups is 1. The highest BCUT2D eigenvalue weighted by molar-refractivity contribution is 5.54. The second-order valence-corrected chi connectivity index (χ2v) is 6.32. The van der Waals surface area contributed by atoms with Crippen molar-refractivity contribution in [2.24, 2.45) is 0 Å². The summed E-state index contributed by atoms with van der Waals surface area (Å²) in [6.45, 7) is 1.51. The fourth-order valence-corrected chi connectivity index (χ4v) is 3.05. The summed E-state index contributed by atoms with van der Waals surface area (Å²) < 4.78 is 11.3. The van der Waals surface area contributed by atoms with Crippen LogP contribution in [0.5, 0.6) is 5.75 Å². The predicted octanol–water partition coefficient (Wildman–Crippen LogP) is 3.69. The van der Waals surface area contributed by atoms with Crippen molar-refractivity contribution in [3.8, 4) is 17.2 Å². The van der Waals surface area contributed by atoms with Crippen LogP contribution in [-0.4, -0.2) is 34.3 Å². The first-order valence-electron chi connectivity index (χ1n) is 8.74. The molecule has 0 N–H and O–H groups in total. The molecular weight excluding hydrogens is 348 g/mol. The fourth-order valence-electron chi connectivity index (χ4n) is 3.05. The van der Waals surface area contributed by atoms with Crippen molar-refractivity contribution < 1.29 is 14.2 Å². The molecule has 1 fully saturated rings. The van der Waals surface area contributed by atoms with Gasteiger partial charge < -0.3 is 14.2 Å². The number of non-ortho nitro benzene ring substituents is 1. The summed E-state index contributed by atoms with van der Waals surface area (Å²) in [4.78, 5) is 16.8. The second kappa shape index (κ2) is 7.45. The Morgan fingerprint density at radius 1 is 1.07 bits per heavy atom. The lowest BCUT2D eigenvalue weighted by Crippen LogP contribution is -2.38. The van der Waals surface area contributed by atoms with Crippen LogP contribution in [0.1, 0.15) is 12.8 Å². The lowest BCUT2D eigenvalue weighted by atomic mass is 10.1. The predicted molar refractivity (Wildman–Crippen MR) is 98.7 cm³/mol. The first-order valence-corrected chi connectivity index (χ1v) is 8.74. The number of hydrogen-bond acceptors (Lipinski definition) is 7. The Labute approximate surface area is 155 Å². The summed E-state index contributed by atoms with van der Waals surface area (Å²) in [6.07, 6.45) is 1.68. The van der Waals surface area contributed by atoms with Crippen LogP contribution in [0.4, 0.5) is 11.6 Å². The highest BCUT2D eigenvalue weighted by Crippen LogP contribution is 2.25. The van der Waals surface area contributed by atoms with Gasteiger partial charge in [-0.1, -0.05) is 18.2 Å². The van der Waals surface area contributed by atoms with Crippen molar-refractivity contribution in [3.05, 3.63) is 64.7 Å². The van der Waals surface area contributed by atoms with Gasteiger partial charge in [-0.15, -0.1) is 0 Å². The number of nitro benzene ring substituents is 1. The van der Waals surface area contributed by atoms with E-state index >= 15 is 0 Å². The quantitative estimate of drug-likeness (QED) is 0.502. The molecule has 0 spiro atoms. The number of rotatable bonds is 5. The molecule has 0 unspecified atom stereocenters. The Balaban J connectivity index is 1.34. The lowest BCUT2D eigenvalue weighted by molar-refractivity contribution is -0.384. The Kier molecular flexibility index (Phi) is 4.69. The second-order valence-electron chi connectivity index (χ2n) is 6.32. The topological polar surface area (TPSA) is 94.5 Å². The Morgan fingerprint density at radius 2 is 1.78 bits per heavy atom. The highest BCUT2D eigenvalue weighted by Gasteiger charge is 2.24. The van der Waals surface area contributed by atoms with Gasteiger partial charge in [0.25, 0.3) is 17.5 Å². The molecule has 27 heavy (non-hydrogen) atoms. The van der Waals surface area contributed by atoms with E-state index in [1.165, 1.54) is 12.1 Å². The molecule has 4 rings (SSSR count). The van der Waals surface area contributed by atoms with Gasteiger partial charge >= 0.3 is 0 Å². The molecule has 1 aliphatic rings. The SMILES string of the molecule is O=[N+]([O-])c1ccc(OC2CCN(c3noc(-c4ccccc4)n3)CC2)cc1. The zero-order valence-corrected chi connectivity index (χ0v) is 14.5. The first-order chi connectivity index (χ1) is 13.2. The van der Waals surface area contributed by atoms with E-state index < -0.39 is 4.92 Å². The molecule has 2 heterocycles. The number of anilines is 1. The minimum Gasteiger partial charge on any atom is -0.490 e. The summed E-state index contributed by atoms with van der Waals surface area (Å²) in [7, 11) is 0. The molecule has 0 bridgehead atoms. The van der Waals surface area contributed by atoms with Crippen LogP contribution in [0.15, 0.2) is 59.1 Å². The smallest absolute Gasteiger partial charge is 0.269 e. The van der Waals surface area contributed by atoms with E-state index in [0.717, 1.165) is 31.5 Å². The average molecular weight is 366 g/mol. The Bertz CT molecular complexity index is 903. The summed E-state index contributed by atoms with van der Waals surface area (Å²) in [5, 5.41) is 14.8. The molecule has 138 valence electrons. The normalized spacial score (nSPS) is 14.9. The fraction of sp³-hybridized carbons (Fsp3) is 0.263.